The molecule has 0 radical (unpaired) electrons. The van der Waals surface area contributed by atoms with Crippen LogP contribution in [0.5, 0.6) is 5.75 Å². The van der Waals surface area contributed by atoms with E-state index in [2.05, 4.69) is 10.5 Å². The first-order valence-electron chi connectivity index (χ1n) is 6.75. The van der Waals surface area contributed by atoms with Crippen molar-refractivity contribution >= 4 is 21.5 Å². The van der Waals surface area contributed by atoms with Crippen LogP contribution < -0.4 is 9.61 Å². The van der Waals surface area contributed by atoms with E-state index < -0.39 is 10.1 Å². The number of nitrogens with one attached hydrogen (secondary N) is 1. The van der Waals surface area contributed by atoms with Gasteiger partial charge >= 0.3 is 10.1 Å². The first kappa shape index (κ1) is 14.8. The van der Waals surface area contributed by atoms with Gasteiger partial charge in [0.1, 0.15) is 0 Å². The Balaban J connectivity index is 2.18. The quantitative estimate of drug-likeness (QED) is 0.685. The molecule has 1 aliphatic rings. The van der Waals surface area contributed by atoms with Crippen LogP contribution in [0.15, 0.2) is 23.3 Å². The molecule has 1 aliphatic carbocycles. The number of nitrogens with zero attached hydrogens (tertiary/aromatic N) is 1. The van der Waals surface area contributed by atoms with Gasteiger partial charge in [-0.05, 0) is 50.3 Å². The van der Waals surface area contributed by atoms with E-state index >= 15 is 0 Å². The summed E-state index contributed by atoms with van der Waals surface area (Å²) in [6, 6.07) is 5.35. The average molecular weight is 296 g/mol. The van der Waals surface area contributed by atoms with Gasteiger partial charge in [-0.3, -0.25) is 5.43 Å². The van der Waals surface area contributed by atoms with Gasteiger partial charge in [-0.25, -0.2) is 0 Å². The van der Waals surface area contributed by atoms with E-state index in [9.17, 15) is 8.42 Å². The third-order valence-corrected chi connectivity index (χ3v) is 3.63. The van der Waals surface area contributed by atoms with Gasteiger partial charge in [0, 0.05) is 5.71 Å². The topological polar surface area (TPSA) is 67.8 Å². The van der Waals surface area contributed by atoms with Gasteiger partial charge in [-0.15, -0.1) is 0 Å². The summed E-state index contributed by atoms with van der Waals surface area (Å²) in [5, 5.41) is 4.37. The molecule has 0 aliphatic heterocycles. The van der Waals surface area contributed by atoms with Gasteiger partial charge in [0.15, 0.2) is 5.75 Å². The molecule has 0 heterocycles. The van der Waals surface area contributed by atoms with Crippen molar-refractivity contribution in [2.75, 3.05) is 11.7 Å². The lowest BCUT2D eigenvalue weighted by Crippen LogP contribution is -2.10. The van der Waals surface area contributed by atoms with Crippen molar-refractivity contribution in [3.63, 3.8) is 0 Å². The van der Waals surface area contributed by atoms with Crippen LogP contribution in [0.25, 0.3) is 0 Å². The molecular formula is C14H20N2O3S. The summed E-state index contributed by atoms with van der Waals surface area (Å²) in [7, 11) is -3.55. The van der Waals surface area contributed by atoms with E-state index in [1.165, 1.54) is 19.3 Å². The minimum absolute atomic E-state index is 0.285. The molecule has 1 aromatic carbocycles. The Morgan fingerprint density at radius 1 is 1.20 bits per heavy atom. The van der Waals surface area contributed by atoms with Gasteiger partial charge < -0.3 is 4.18 Å². The minimum atomic E-state index is -3.55. The fraction of sp³-hybridized carbons (Fsp3) is 0.500. The number of hydrogen-bond acceptors (Lipinski definition) is 5. The standard InChI is InChI=1S/C14H20N2O3S/c1-11-8-9-13(14(10-11)19-20(2,17)18)16-15-12-6-4-3-5-7-12/h8-10,16H,3-7H2,1-2H3. The smallest absolute Gasteiger partial charge is 0.306 e. The number of hydrogen-bond donors (Lipinski definition) is 1. The van der Waals surface area contributed by atoms with E-state index in [1.807, 2.05) is 13.0 Å². The van der Waals surface area contributed by atoms with E-state index in [0.717, 1.165) is 30.4 Å². The van der Waals surface area contributed by atoms with Crippen molar-refractivity contribution in [1.29, 1.82) is 0 Å². The summed E-state index contributed by atoms with van der Waals surface area (Å²) >= 11 is 0. The minimum Gasteiger partial charge on any atom is -0.380 e. The molecule has 1 fully saturated rings. The third-order valence-electron chi connectivity index (χ3n) is 3.14. The molecule has 0 unspecified atom stereocenters. The number of hydrazone groups is 1. The number of anilines is 1. The zero-order valence-electron chi connectivity index (χ0n) is 11.8. The highest BCUT2D eigenvalue weighted by molar-refractivity contribution is 7.86. The number of rotatable bonds is 4. The molecule has 1 aromatic rings. The van der Waals surface area contributed by atoms with Crippen molar-refractivity contribution in [2.24, 2.45) is 5.10 Å². The van der Waals surface area contributed by atoms with Crippen LogP contribution in [0.3, 0.4) is 0 Å². The van der Waals surface area contributed by atoms with E-state index in [-0.39, 0.29) is 5.75 Å². The fourth-order valence-corrected chi connectivity index (χ4v) is 2.63. The molecule has 1 N–H and O–H groups in total. The Morgan fingerprint density at radius 3 is 2.55 bits per heavy atom. The van der Waals surface area contributed by atoms with E-state index in [1.54, 1.807) is 12.1 Å². The van der Waals surface area contributed by atoms with Gasteiger partial charge in [0.25, 0.3) is 0 Å². The van der Waals surface area contributed by atoms with Gasteiger partial charge in [-0.1, -0.05) is 12.5 Å². The zero-order chi connectivity index (χ0) is 14.6. The van der Waals surface area contributed by atoms with E-state index in [0.29, 0.717) is 5.69 Å². The summed E-state index contributed by atoms with van der Waals surface area (Å²) in [6.45, 7) is 1.88. The van der Waals surface area contributed by atoms with Crippen LogP contribution >= 0.6 is 0 Å². The Kier molecular flexibility index (Phi) is 4.65. The van der Waals surface area contributed by atoms with Gasteiger partial charge in [-0.2, -0.15) is 13.5 Å². The monoisotopic (exact) mass is 296 g/mol. The molecule has 110 valence electrons. The largest absolute Gasteiger partial charge is 0.380 e. The Labute approximate surface area is 120 Å². The summed E-state index contributed by atoms with van der Waals surface area (Å²) in [6.07, 6.45) is 6.63. The van der Waals surface area contributed by atoms with Crippen molar-refractivity contribution < 1.29 is 12.6 Å². The first-order valence-corrected chi connectivity index (χ1v) is 8.57. The third kappa shape index (κ3) is 4.52. The molecular weight excluding hydrogens is 276 g/mol. The summed E-state index contributed by atoms with van der Waals surface area (Å²) in [5.74, 6) is 0.285. The molecule has 5 nitrogen and oxygen atoms in total. The number of aryl methyl sites for hydroxylation is 1. The Morgan fingerprint density at radius 2 is 1.90 bits per heavy atom. The van der Waals surface area contributed by atoms with Crippen LogP contribution in [-0.2, 0) is 10.1 Å². The van der Waals surface area contributed by atoms with Crippen molar-refractivity contribution in [1.82, 2.24) is 0 Å². The second kappa shape index (κ2) is 6.26. The van der Waals surface area contributed by atoms with Gasteiger partial charge in [0.2, 0.25) is 0 Å². The summed E-state index contributed by atoms with van der Waals surface area (Å²) < 4.78 is 27.6. The molecule has 6 heteroatoms. The predicted octanol–water partition coefficient (Wildman–Crippen LogP) is 3.07. The first-order chi connectivity index (χ1) is 9.44. The molecule has 0 saturated heterocycles. The maximum absolute atomic E-state index is 11.3. The lowest BCUT2D eigenvalue weighted by molar-refractivity contribution is 0.493. The van der Waals surface area contributed by atoms with Crippen LogP contribution in [0.1, 0.15) is 37.7 Å². The fourth-order valence-electron chi connectivity index (χ4n) is 2.16. The van der Waals surface area contributed by atoms with Crippen LogP contribution in [0.4, 0.5) is 5.69 Å². The molecule has 0 amide bonds. The lowest BCUT2D eigenvalue weighted by Gasteiger charge is -2.14. The van der Waals surface area contributed by atoms with Crippen LogP contribution in [0.2, 0.25) is 0 Å². The SMILES string of the molecule is Cc1ccc(NN=C2CCCCC2)c(OS(C)(=O)=O)c1. The van der Waals surface area contributed by atoms with Gasteiger partial charge in [0.05, 0.1) is 11.9 Å². The van der Waals surface area contributed by atoms with Crippen molar-refractivity contribution in [3.8, 4) is 5.75 Å². The second-order valence-electron chi connectivity index (χ2n) is 5.14. The summed E-state index contributed by atoms with van der Waals surface area (Å²) in [5.41, 5.74) is 5.56. The molecule has 2 rings (SSSR count). The molecule has 0 atom stereocenters. The molecule has 0 spiro atoms. The van der Waals surface area contributed by atoms with E-state index in [4.69, 9.17) is 4.18 Å². The van der Waals surface area contributed by atoms with Crippen molar-refractivity contribution in [2.45, 2.75) is 39.0 Å². The molecule has 0 aromatic heterocycles. The number of benzene rings is 1. The Hall–Kier alpha value is -1.56. The maximum atomic E-state index is 11.3. The van der Waals surface area contributed by atoms with Crippen LogP contribution in [-0.4, -0.2) is 20.4 Å². The molecule has 0 bridgehead atoms. The summed E-state index contributed by atoms with van der Waals surface area (Å²) in [4.78, 5) is 0. The van der Waals surface area contributed by atoms with Crippen molar-refractivity contribution in [3.05, 3.63) is 23.8 Å². The normalized spacial score (nSPS) is 15.8. The Bertz CT molecular complexity index is 601. The average Bonchev–Trinajstić information content (AvgIpc) is 2.37. The maximum Gasteiger partial charge on any atom is 0.306 e. The predicted molar refractivity (Wildman–Crippen MR) is 80.8 cm³/mol. The second-order valence-corrected chi connectivity index (χ2v) is 6.71. The zero-order valence-corrected chi connectivity index (χ0v) is 12.7. The van der Waals surface area contributed by atoms with Crippen LogP contribution in [0, 0.1) is 6.92 Å². The molecule has 1 saturated carbocycles. The lowest BCUT2D eigenvalue weighted by atomic mass is 9.99. The molecule has 20 heavy (non-hydrogen) atoms. The highest BCUT2D eigenvalue weighted by Crippen LogP contribution is 2.27. The highest BCUT2D eigenvalue weighted by Gasteiger charge is 2.11. The highest BCUT2D eigenvalue weighted by atomic mass is 32.2.